The van der Waals surface area contributed by atoms with E-state index in [1.807, 2.05) is 12.4 Å². The SMILES string of the molecule is CC1(C)CC(NCC(C)(C)c2ccncc2)CN1. The first-order valence-electron chi connectivity index (χ1n) is 6.78. The van der Waals surface area contributed by atoms with Gasteiger partial charge in [-0.1, -0.05) is 13.8 Å². The summed E-state index contributed by atoms with van der Waals surface area (Å²) in [5.74, 6) is 0. The molecule has 1 fully saturated rings. The Labute approximate surface area is 110 Å². The zero-order valence-corrected chi connectivity index (χ0v) is 12.0. The highest BCUT2D eigenvalue weighted by atomic mass is 15.1. The van der Waals surface area contributed by atoms with Crippen molar-refractivity contribution in [2.24, 2.45) is 0 Å². The van der Waals surface area contributed by atoms with Gasteiger partial charge in [0.15, 0.2) is 0 Å². The van der Waals surface area contributed by atoms with Crippen molar-refractivity contribution in [2.45, 2.75) is 51.1 Å². The third-order valence-electron chi connectivity index (χ3n) is 3.88. The maximum Gasteiger partial charge on any atom is 0.0270 e. The van der Waals surface area contributed by atoms with Crippen LogP contribution in [0.2, 0.25) is 0 Å². The number of pyridine rings is 1. The number of hydrogen-bond acceptors (Lipinski definition) is 3. The van der Waals surface area contributed by atoms with Gasteiger partial charge in [0, 0.05) is 42.5 Å². The normalized spacial score (nSPS) is 23.2. The Bertz CT molecular complexity index is 384. The van der Waals surface area contributed by atoms with Crippen LogP contribution in [0, 0.1) is 0 Å². The van der Waals surface area contributed by atoms with E-state index in [2.05, 4.69) is 55.4 Å². The molecule has 1 aliphatic heterocycles. The molecular formula is C15H25N3. The predicted molar refractivity (Wildman–Crippen MR) is 75.8 cm³/mol. The number of aromatic nitrogens is 1. The highest BCUT2D eigenvalue weighted by Gasteiger charge is 2.31. The third kappa shape index (κ3) is 3.30. The fourth-order valence-corrected chi connectivity index (χ4v) is 2.61. The molecule has 0 bridgehead atoms. The second-order valence-corrected chi connectivity index (χ2v) is 6.67. The minimum absolute atomic E-state index is 0.148. The van der Waals surface area contributed by atoms with E-state index < -0.39 is 0 Å². The Morgan fingerprint density at radius 3 is 2.61 bits per heavy atom. The molecule has 0 radical (unpaired) electrons. The number of hydrogen-bond donors (Lipinski definition) is 2. The van der Waals surface area contributed by atoms with Gasteiger partial charge in [-0.25, -0.2) is 0 Å². The van der Waals surface area contributed by atoms with E-state index in [1.54, 1.807) is 0 Å². The van der Waals surface area contributed by atoms with Crippen LogP contribution in [0.3, 0.4) is 0 Å². The quantitative estimate of drug-likeness (QED) is 0.855. The second-order valence-electron chi connectivity index (χ2n) is 6.67. The van der Waals surface area contributed by atoms with Crippen molar-refractivity contribution in [1.29, 1.82) is 0 Å². The van der Waals surface area contributed by atoms with Crippen molar-refractivity contribution in [2.75, 3.05) is 13.1 Å². The van der Waals surface area contributed by atoms with Crippen LogP contribution < -0.4 is 10.6 Å². The number of nitrogens with zero attached hydrogens (tertiary/aromatic N) is 1. The topological polar surface area (TPSA) is 37.0 Å². The van der Waals surface area contributed by atoms with Crippen LogP contribution in [-0.4, -0.2) is 29.7 Å². The average molecular weight is 247 g/mol. The van der Waals surface area contributed by atoms with Gasteiger partial charge in [0.2, 0.25) is 0 Å². The Kier molecular flexibility index (Phi) is 3.74. The lowest BCUT2D eigenvalue weighted by Crippen LogP contribution is -2.40. The van der Waals surface area contributed by atoms with Gasteiger partial charge < -0.3 is 10.6 Å². The molecule has 0 aromatic carbocycles. The molecule has 1 saturated heterocycles. The summed E-state index contributed by atoms with van der Waals surface area (Å²) in [6.45, 7) is 11.2. The summed E-state index contributed by atoms with van der Waals surface area (Å²) in [6.07, 6.45) is 4.94. The Morgan fingerprint density at radius 1 is 1.39 bits per heavy atom. The van der Waals surface area contributed by atoms with Crippen molar-refractivity contribution in [3.05, 3.63) is 30.1 Å². The fourth-order valence-electron chi connectivity index (χ4n) is 2.61. The number of nitrogens with one attached hydrogen (secondary N) is 2. The molecule has 100 valence electrons. The Balaban J connectivity index is 1.90. The lowest BCUT2D eigenvalue weighted by atomic mass is 9.85. The smallest absolute Gasteiger partial charge is 0.0270 e. The van der Waals surface area contributed by atoms with Crippen LogP contribution in [0.1, 0.15) is 39.7 Å². The van der Waals surface area contributed by atoms with Crippen LogP contribution in [0.5, 0.6) is 0 Å². The first kappa shape index (κ1) is 13.5. The van der Waals surface area contributed by atoms with E-state index >= 15 is 0 Å². The number of rotatable bonds is 4. The zero-order valence-electron chi connectivity index (χ0n) is 12.0. The predicted octanol–water partition coefficient (Wildman–Crippen LogP) is 2.09. The van der Waals surface area contributed by atoms with E-state index in [0.717, 1.165) is 13.1 Å². The summed E-state index contributed by atoms with van der Waals surface area (Å²) in [6, 6.07) is 4.80. The van der Waals surface area contributed by atoms with Crippen molar-refractivity contribution < 1.29 is 0 Å². The largest absolute Gasteiger partial charge is 0.312 e. The maximum absolute atomic E-state index is 4.09. The molecule has 2 heterocycles. The molecule has 0 saturated carbocycles. The summed E-state index contributed by atoms with van der Waals surface area (Å²) >= 11 is 0. The van der Waals surface area contributed by atoms with Gasteiger partial charge in [-0.15, -0.1) is 0 Å². The van der Waals surface area contributed by atoms with Crippen LogP contribution in [0.4, 0.5) is 0 Å². The van der Waals surface area contributed by atoms with Crippen LogP contribution in [-0.2, 0) is 5.41 Å². The molecule has 1 aliphatic rings. The molecule has 2 N–H and O–H groups in total. The molecule has 0 spiro atoms. The molecule has 2 rings (SSSR count). The first-order chi connectivity index (χ1) is 8.39. The molecule has 1 aromatic rings. The van der Waals surface area contributed by atoms with Gasteiger partial charge in [-0.2, -0.15) is 0 Å². The average Bonchev–Trinajstić information content (AvgIpc) is 2.68. The van der Waals surface area contributed by atoms with Crippen molar-refractivity contribution in [3.8, 4) is 0 Å². The minimum Gasteiger partial charge on any atom is -0.312 e. The Morgan fingerprint density at radius 2 is 2.06 bits per heavy atom. The molecule has 3 nitrogen and oxygen atoms in total. The lowest BCUT2D eigenvalue weighted by molar-refractivity contribution is 0.407. The lowest BCUT2D eigenvalue weighted by Gasteiger charge is -2.27. The van der Waals surface area contributed by atoms with E-state index in [9.17, 15) is 0 Å². The summed E-state index contributed by atoms with van der Waals surface area (Å²) in [4.78, 5) is 4.09. The van der Waals surface area contributed by atoms with E-state index in [1.165, 1.54) is 12.0 Å². The summed E-state index contributed by atoms with van der Waals surface area (Å²) in [5.41, 5.74) is 1.77. The van der Waals surface area contributed by atoms with E-state index in [0.29, 0.717) is 6.04 Å². The summed E-state index contributed by atoms with van der Waals surface area (Å²) in [7, 11) is 0. The molecule has 1 aromatic heterocycles. The standard InChI is InChI=1S/C15H25N3/c1-14(2,12-5-7-16-8-6-12)11-17-13-9-15(3,4)18-10-13/h5-8,13,17-18H,9-11H2,1-4H3. The highest BCUT2D eigenvalue weighted by molar-refractivity contribution is 5.21. The zero-order chi connectivity index (χ0) is 13.2. The van der Waals surface area contributed by atoms with Crippen molar-refractivity contribution in [3.63, 3.8) is 0 Å². The second kappa shape index (κ2) is 4.98. The van der Waals surface area contributed by atoms with E-state index in [4.69, 9.17) is 0 Å². The van der Waals surface area contributed by atoms with Crippen LogP contribution in [0.15, 0.2) is 24.5 Å². The molecule has 18 heavy (non-hydrogen) atoms. The van der Waals surface area contributed by atoms with Crippen molar-refractivity contribution in [1.82, 2.24) is 15.6 Å². The van der Waals surface area contributed by atoms with Gasteiger partial charge in [-0.3, -0.25) is 4.98 Å². The van der Waals surface area contributed by atoms with E-state index in [-0.39, 0.29) is 11.0 Å². The summed E-state index contributed by atoms with van der Waals surface area (Å²) < 4.78 is 0. The minimum atomic E-state index is 0.148. The van der Waals surface area contributed by atoms with Gasteiger partial charge in [0.05, 0.1) is 0 Å². The van der Waals surface area contributed by atoms with Gasteiger partial charge in [0.1, 0.15) is 0 Å². The summed E-state index contributed by atoms with van der Waals surface area (Å²) in [5, 5.41) is 7.24. The molecule has 1 unspecified atom stereocenters. The monoisotopic (exact) mass is 247 g/mol. The van der Waals surface area contributed by atoms with Crippen molar-refractivity contribution >= 4 is 0 Å². The maximum atomic E-state index is 4.09. The van der Waals surface area contributed by atoms with Gasteiger partial charge in [0.25, 0.3) is 0 Å². The fraction of sp³-hybridized carbons (Fsp3) is 0.667. The Hall–Kier alpha value is -0.930. The van der Waals surface area contributed by atoms with Gasteiger partial charge in [-0.05, 0) is 38.0 Å². The molecule has 0 aliphatic carbocycles. The molecule has 3 heteroatoms. The molecular weight excluding hydrogens is 222 g/mol. The first-order valence-corrected chi connectivity index (χ1v) is 6.78. The highest BCUT2D eigenvalue weighted by Crippen LogP contribution is 2.23. The third-order valence-corrected chi connectivity index (χ3v) is 3.88. The van der Waals surface area contributed by atoms with Gasteiger partial charge >= 0.3 is 0 Å². The van der Waals surface area contributed by atoms with Crippen LogP contribution in [0.25, 0.3) is 0 Å². The molecule has 0 amide bonds. The molecule has 1 atom stereocenters. The van der Waals surface area contributed by atoms with Crippen LogP contribution >= 0.6 is 0 Å².